The smallest absolute Gasteiger partial charge is 0.165 e. The first-order valence-corrected chi connectivity index (χ1v) is 7.08. The molecule has 1 saturated carbocycles. The van der Waals surface area contributed by atoms with Gasteiger partial charge in [0.2, 0.25) is 0 Å². The number of nitrogens with zero attached hydrogens (tertiary/aromatic N) is 1. The average Bonchev–Trinajstić information content (AvgIpc) is 2.39. The van der Waals surface area contributed by atoms with Crippen molar-refractivity contribution in [2.45, 2.75) is 45.6 Å². The molecule has 1 aliphatic heterocycles. The predicted molar refractivity (Wildman–Crippen MR) is 68.0 cm³/mol. The van der Waals surface area contributed by atoms with Crippen LogP contribution in [0.4, 0.5) is 0 Å². The summed E-state index contributed by atoms with van der Waals surface area (Å²) in [5, 5.41) is 0. The summed E-state index contributed by atoms with van der Waals surface area (Å²) < 4.78 is 5.66. The van der Waals surface area contributed by atoms with Crippen LogP contribution in [0.5, 0.6) is 0 Å². The van der Waals surface area contributed by atoms with Crippen molar-refractivity contribution in [3.05, 3.63) is 0 Å². The Balaban J connectivity index is 1.86. The molecule has 17 heavy (non-hydrogen) atoms. The largest absolute Gasteiger partial charge is 0.368 e. The minimum atomic E-state index is -0.151. The Kier molecular flexibility index (Phi) is 4.57. The van der Waals surface area contributed by atoms with Gasteiger partial charge in [0.05, 0.1) is 6.61 Å². The minimum absolute atomic E-state index is 0.151. The Morgan fingerprint density at radius 2 is 2.00 bits per heavy atom. The van der Waals surface area contributed by atoms with E-state index in [1.54, 1.807) is 0 Å². The highest BCUT2D eigenvalue weighted by molar-refractivity contribution is 5.85. The fourth-order valence-corrected chi connectivity index (χ4v) is 2.97. The summed E-state index contributed by atoms with van der Waals surface area (Å²) in [7, 11) is 0. The molecule has 0 radical (unpaired) electrons. The van der Waals surface area contributed by atoms with Crippen LogP contribution in [-0.4, -0.2) is 43.0 Å². The van der Waals surface area contributed by atoms with E-state index in [0.717, 1.165) is 38.4 Å². The number of likely N-dealkylation sites (N-methyl/N-ethyl adjacent to an activating group) is 1. The van der Waals surface area contributed by atoms with E-state index in [0.29, 0.717) is 12.4 Å². The predicted octanol–water partition coefficient (Wildman–Crippen LogP) is 2.10. The highest BCUT2D eigenvalue weighted by Gasteiger charge is 2.32. The van der Waals surface area contributed by atoms with Gasteiger partial charge in [0.1, 0.15) is 6.10 Å². The normalized spacial score (nSPS) is 35.8. The summed E-state index contributed by atoms with van der Waals surface area (Å²) in [6.45, 7) is 7.96. The molecular formula is C14H25NO2. The lowest BCUT2D eigenvalue weighted by Crippen LogP contribution is -2.47. The van der Waals surface area contributed by atoms with Crippen LogP contribution in [0.25, 0.3) is 0 Å². The van der Waals surface area contributed by atoms with Gasteiger partial charge in [0.15, 0.2) is 5.78 Å². The van der Waals surface area contributed by atoms with Crippen LogP contribution >= 0.6 is 0 Å². The molecule has 0 spiro atoms. The van der Waals surface area contributed by atoms with Crippen LogP contribution < -0.4 is 0 Å². The van der Waals surface area contributed by atoms with Crippen molar-refractivity contribution in [2.75, 3.05) is 26.2 Å². The van der Waals surface area contributed by atoms with Crippen LogP contribution in [0.3, 0.4) is 0 Å². The number of ether oxygens (including phenoxy) is 1. The van der Waals surface area contributed by atoms with Gasteiger partial charge in [-0.2, -0.15) is 0 Å². The fourth-order valence-electron chi connectivity index (χ4n) is 2.97. The van der Waals surface area contributed by atoms with Crippen molar-refractivity contribution in [3.8, 4) is 0 Å². The van der Waals surface area contributed by atoms with Gasteiger partial charge in [-0.15, -0.1) is 0 Å². The van der Waals surface area contributed by atoms with E-state index >= 15 is 0 Å². The average molecular weight is 239 g/mol. The molecule has 2 rings (SSSR count). The van der Waals surface area contributed by atoms with Crippen molar-refractivity contribution in [3.63, 3.8) is 0 Å². The lowest BCUT2D eigenvalue weighted by Gasteiger charge is -2.34. The summed E-state index contributed by atoms with van der Waals surface area (Å²) in [6.07, 6.45) is 4.42. The summed E-state index contributed by atoms with van der Waals surface area (Å²) in [5.74, 6) is 1.45. The zero-order valence-corrected chi connectivity index (χ0v) is 11.2. The Hall–Kier alpha value is -0.410. The summed E-state index contributed by atoms with van der Waals surface area (Å²) in [5.41, 5.74) is 0. The molecule has 3 heteroatoms. The number of carbonyl (C=O) groups excluding carboxylic acids is 1. The van der Waals surface area contributed by atoms with Gasteiger partial charge in [-0.1, -0.05) is 26.7 Å². The lowest BCUT2D eigenvalue weighted by molar-refractivity contribution is -0.141. The minimum Gasteiger partial charge on any atom is -0.368 e. The van der Waals surface area contributed by atoms with E-state index < -0.39 is 0 Å². The molecule has 98 valence electrons. The van der Waals surface area contributed by atoms with Crippen LogP contribution in [0.15, 0.2) is 0 Å². The highest BCUT2D eigenvalue weighted by atomic mass is 16.5. The maximum absolute atomic E-state index is 12.4. The Morgan fingerprint density at radius 1 is 1.29 bits per heavy atom. The molecule has 2 fully saturated rings. The Bertz CT molecular complexity index is 259. The van der Waals surface area contributed by atoms with E-state index in [-0.39, 0.29) is 12.0 Å². The number of Topliss-reactive ketones (excluding diaryl/α,β-unsaturated/α-hetero) is 1. The van der Waals surface area contributed by atoms with E-state index in [4.69, 9.17) is 4.74 Å². The molecule has 0 aromatic carbocycles. The monoisotopic (exact) mass is 239 g/mol. The van der Waals surface area contributed by atoms with Crippen molar-refractivity contribution in [1.29, 1.82) is 0 Å². The molecule has 2 aliphatic rings. The van der Waals surface area contributed by atoms with Crippen molar-refractivity contribution < 1.29 is 9.53 Å². The molecule has 0 N–H and O–H groups in total. The third-order valence-electron chi connectivity index (χ3n) is 4.33. The molecule has 1 atom stereocenters. The molecule has 3 nitrogen and oxygen atoms in total. The van der Waals surface area contributed by atoms with Gasteiger partial charge < -0.3 is 4.74 Å². The topological polar surface area (TPSA) is 29.5 Å². The SMILES string of the molecule is CCN1CCOC(C(=O)C2CCC(C)CC2)C1. The molecule has 0 amide bonds. The Morgan fingerprint density at radius 3 is 2.65 bits per heavy atom. The zero-order chi connectivity index (χ0) is 12.3. The first-order valence-electron chi connectivity index (χ1n) is 7.08. The summed E-state index contributed by atoms with van der Waals surface area (Å²) >= 11 is 0. The first-order chi connectivity index (χ1) is 8.20. The van der Waals surface area contributed by atoms with Gasteiger partial charge in [-0.25, -0.2) is 0 Å². The fraction of sp³-hybridized carbons (Fsp3) is 0.929. The summed E-state index contributed by atoms with van der Waals surface area (Å²) in [6, 6.07) is 0. The van der Waals surface area contributed by atoms with Crippen LogP contribution in [-0.2, 0) is 9.53 Å². The van der Waals surface area contributed by atoms with E-state index in [1.807, 2.05) is 0 Å². The molecule has 0 aromatic heterocycles. The van der Waals surface area contributed by atoms with Gasteiger partial charge in [0, 0.05) is 19.0 Å². The molecule has 1 saturated heterocycles. The first kappa shape index (κ1) is 13.0. The lowest BCUT2D eigenvalue weighted by atomic mass is 9.79. The molecular weight excluding hydrogens is 214 g/mol. The van der Waals surface area contributed by atoms with Crippen molar-refractivity contribution in [1.82, 2.24) is 4.90 Å². The second-order valence-corrected chi connectivity index (χ2v) is 5.61. The van der Waals surface area contributed by atoms with Crippen LogP contribution in [0.2, 0.25) is 0 Å². The number of rotatable bonds is 3. The van der Waals surface area contributed by atoms with Gasteiger partial charge in [0.25, 0.3) is 0 Å². The summed E-state index contributed by atoms with van der Waals surface area (Å²) in [4.78, 5) is 14.7. The standard InChI is InChI=1S/C14H25NO2/c1-3-15-8-9-17-13(10-15)14(16)12-6-4-11(2)5-7-12/h11-13H,3-10H2,1-2H3. The van der Waals surface area contributed by atoms with Crippen LogP contribution in [0.1, 0.15) is 39.5 Å². The molecule has 0 bridgehead atoms. The van der Waals surface area contributed by atoms with Gasteiger partial charge >= 0.3 is 0 Å². The number of carbonyl (C=O) groups is 1. The number of morpholine rings is 1. The quantitative estimate of drug-likeness (QED) is 0.755. The van der Waals surface area contributed by atoms with E-state index in [9.17, 15) is 4.79 Å². The molecule has 1 heterocycles. The van der Waals surface area contributed by atoms with Crippen molar-refractivity contribution in [2.24, 2.45) is 11.8 Å². The maximum atomic E-state index is 12.4. The third kappa shape index (κ3) is 3.29. The second kappa shape index (κ2) is 5.96. The second-order valence-electron chi connectivity index (χ2n) is 5.61. The van der Waals surface area contributed by atoms with Crippen molar-refractivity contribution >= 4 is 5.78 Å². The van der Waals surface area contributed by atoms with Gasteiger partial charge in [-0.05, 0) is 25.3 Å². The maximum Gasteiger partial charge on any atom is 0.165 e. The van der Waals surface area contributed by atoms with Crippen LogP contribution in [0, 0.1) is 11.8 Å². The number of hydrogen-bond acceptors (Lipinski definition) is 3. The molecule has 0 aromatic rings. The molecule has 1 aliphatic carbocycles. The zero-order valence-electron chi connectivity index (χ0n) is 11.2. The highest BCUT2D eigenvalue weighted by Crippen LogP contribution is 2.30. The number of hydrogen-bond donors (Lipinski definition) is 0. The van der Waals surface area contributed by atoms with Gasteiger partial charge in [-0.3, -0.25) is 9.69 Å². The third-order valence-corrected chi connectivity index (χ3v) is 4.33. The van der Waals surface area contributed by atoms with E-state index in [2.05, 4.69) is 18.7 Å². The Labute approximate surface area is 105 Å². The molecule has 1 unspecified atom stereocenters. The van der Waals surface area contributed by atoms with E-state index in [1.165, 1.54) is 12.8 Å². The number of ketones is 1.